The molecule has 2 aromatic rings. The van der Waals surface area contributed by atoms with Crippen molar-refractivity contribution in [3.63, 3.8) is 0 Å². The van der Waals surface area contributed by atoms with Crippen LogP contribution in [0.25, 0.3) is 0 Å². The van der Waals surface area contributed by atoms with Crippen LogP contribution < -0.4 is 14.6 Å². The molecule has 2 heterocycles. The third kappa shape index (κ3) is 7.71. The molecule has 0 radical (unpaired) electrons. The van der Waals surface area contributed by atoms with Gasteiger partial charge in [-0.1, -0.05) is 43.7 Å². The molecule has 0 bridgehead atoms. The summed E-state index contributed by atoms with van der Waals surface area (Å²) in [6, 6.07) is 12.6. The first-order chi connectivity index (χ1) is 16.5. The zero-order valence-electron chi connectivity index (χ0n) is 21.6. The molecule has 0 unspecified atom stereocenters. The van der Waals surface area contributed by atoms with Gasteiger partial charge in [-0.3, -0.25) is 9.91 Å². The van der Waals surface area contributed by atoms with Gasteiger partial charge in [-0.15, -0.1) is 0 Å². The molecule has 1 fully saturated rings. The molecule has 1 aliphatic rings. The van der Waals surface area contributed by atoms with E-state index in [-0.39, 0.29) is 0 Å². The Morgan fingerprint density at radius 1 is 1.12 bits per heavy atom. The minimum atomic E-state index is 0.604. The molecule has 3 rings (SSSR count). The number of pyridine rings is 1. The number of aromatic nitrogens is 1. The molecule has 1 aromatic heterocycles. The molecular weight excluding hydrogens is 426 g/mol. The third-order valence-corrected chi connectivity index (χ3v) is 5.95. The maximum absolute atomic E-state index is 6.16. The summed E-state index contributed by atoms with van der Waals surface area (Å²) in [4.78, 5) is 9.59. The molecule has 0 aliphatic carbocycles. The van der Waals surface area contributed by atoms with Crippen molar-refractivity contribution in [2.45, 2.75) is 40.5 Å². The van der Waals surface area contributed by atoms with Crippen molar-refractivity contribution in [2.24, 2.45) is 5.10 Å². The number of rotatable bonds is 12. The van der Waals surface area contributed by atoms with Crippen LogP contribution in [0.5, 0.6) is 5.88 Å². The third-order valence-electron chi connectivity index (χ3n) is 5.95. The average molecular weight is 468 g/mol. The van der Waals surface area contributed by atoms with Gasteiger partial charge in [0.25, 0.3) is 0 Å². The van der Waals surface area contributed by atoms with E-state index < -0.39 is 0 Å². The predicted molar refractivity (Wildman–Crippen MR) is 142 cm³/mol. The quantitative estimate of drug-likeness (QED) is 0.336. The monoisotopic (exact) mass is 467 g/mol. The smallest absolute Gasteiger partial charge is 0.217 e. The number of benzene rings is 1. The Morgan fingerprint density at radius 3 is 2.53 bits per heavy atom. The summed E-state index contributed by atoms with van der Waals surface area (Å²) >= 11 is 0. The fourth-order valence-corrected chi connectivity index (χ4v) is 4.12. The first kappa shape index (κ1) is 26.0. The van der Waals surface area contributed by atoms with Crippen LogP contribution in [0.15, 0.2) is 41.5 Å². The largest absolute Gasteiger partial charge is 0.476 e. The Balaban J connectivity index is 1.82. The number of hydrazone groups is 1. The van der Waals surface area contributed by atoms with E-state index in [1.54, 1.807) is 0 Å². The van der Waals surface area contributed by atoms with Crippen LogP contribution in [-0.4, -0.2) is 75.2 Å². The van der Waals surface area contributed by atoms with Gasteiger partial charge in [0.2, 0.25) is 5.88 Å². The molecule has 1 aliphatic heterocycles. The molecule has 0 spiro atoms. The van der Waals surface area contributed by atoms with Gasteiger partial charge in [0, 0.05) is 57.6 Å². The summed E-state index contributed by atoms with van der Waals surface area (Å²) in [6.45, 7) is 15.5. The standard InChI is InChI=1S/C27H41N5O2/c1-6-11-32(12-7-2)25-20-26(30(5)29-23(4)24-10-8-9-22(3)19-24)28-27(21-25)34-18-15-31-13-16-33-17-14-31/h8-10,19-21H,6-7,11-18H2,1-5H3/b29-23+. The fraction of sp³-hybridized carbons (Fsp3) is 0.556. The normalized spacial score (nSPS) is 14.8. The van der Waals surface area contributed by atoms with Crippen molar-refractivity contribution in [3.8, 4) is 5.88 Å². The zero-order valence-corrected chi connectivity index (χ0v) is 21.6. The summed E-state index contributed by atoms with van der Waals surface area (Å²) in [6.07, 6.45) is 2.18. The van der Waals surface area contributed by atoms with Crippen molar-refractivity contribution < 1.29 is 9.47 Å². The van der Waals surface area contributed by atoms with Crippen molar-refractivity contribution in [3.05, 3.63) is 47.5 Å². The van der Waals surface area contributed by atoms with E-state index in [1.807, 2.05) is 19.0 Å². The van der Waals surface area contributed by atoms with E-state index >= 15 is 0 Å². The molecule has 0 atom stereocenters. The van der Waals surface area contributed by atoms with Crippen molar-refractivity contribution in [2.75, 3.05) is 69.5 Å². The average Bonchev–Trinajstić information content (AvgIpc) is 2.84. The van der Waals surface area contributed by atoms with Crippen LogP contribution in [0.4, 0.5) is 11.5 Å². The maximum Gasteiger partial charge on any atom is 0.217 e. The Hall–Kier alpha value is -2.64. The van der Waals surface area contributed by atoms with Gasteiger partial charge >= 0.3 is 0 Å². The van der Waals surface area contributed by atoms with Crippen LogP contribution in [-0.2, 0) is 4.74 Å². The Bertz CT molecular complexity index is 921. The summed E-state index contributed by atoms with van der Waals surface area (Å²) in [5, 5.41) is 6.69. The highest BCUT2D eigenvalue weighted by atomic mass is 16.5. The van der Waals surface area contributed by atoms with Crippen molar-refractivity contribution in [1.29, 1.82) is 0 Å². The number of hydrogen-bond donors (Lipinski definition) is 0. The maximum atomic E-state index is 6.16. The van der Waals surface area contributed by atoms with E-state index in [1.165, 1.54) is 5.56 Å². The Morgan fingerprint density at radius 2 is 1.85 bits per heavy atom. The highest BCUT2D eigenvalue weighted by Gasteiger charge is 2.14. The van der Waals surface area contributed by atoms with Gasteiger partial charge in [0.1, 0.15) is 6.61 Å². The first-order valence-corrected chi connectivity index (χ1v) is 12.6. The highest BCUT2D eigenvalue weighted by molar-refractivity contribution is 5.99. The second-order valence-corrected chi connectivity index (χ2v) is 8.89. The lowest BCUT2D eigenvalue weighted by molar-refractivity contribution is 0.0320. The minimum absolute atomic E-state index is 0.604. The number of nitrogens with zero attached hydrogens (tertiary/aromatic N) is 5. The van der Waals surface area contributed by atoms with Gasteiger partial charge in [-0.05, 0) is 32.3 Å². The van der Waals surface area contributed by atoms with Gasteiger partial charge in [-0.25, -0.2) is 0 Å². The van der Waals surface area contributed by atoms with E-state index in [0.717, 1.165) is 81.6 Å². The van der Waals surface area contributed by atoms with Crippen LogP contribution in [0.3, 0.4) is 0 Å². The number of ether oxygens (including phenoxy) is 2. The molecular formula is C27H41N5O2. The van der Waals surface area contributed by atoms with Crippen molar-refractivity contribution in [1.82, 2.24) is 9.88 Å². The fourth-order valence-electron chi connectivity index (χ4n) is 4.12. The van der Waals surface area contributed by atoms with Gasteiger partial charge in [0.05, 0.1) is 18.9 Å². The molecule has 1 saturated heterocycles. The summed E-state index contributed by atoms with van der Waals surface area (Å²) in [7, 11) is 1.95. The van der Waals surface area contributed by atoms with E-state index in [4.69, 9.17) is 19.6 Å². The van der Waals surface area contributed by atoms with E-state index in [0.29, 0.717) is 12.5 Å². The number of morpholine rings is 1. The number of anilines is 2. The van der Waals surface area contributed by atoms with Crippen LogP contribution in [0.2, 0.25) is 0 Å². The molecule has 0 N–H and O–H groups in total. The molecule has 0 saturated carbocycles. The molecule has 1 aromatic carbocycles. The lowest BCUT2D eigenvalue weighted by atomic mass is 10.1. The lowest BCUT2D eigenvalue weighted by Gasteiger charge is -2.27. The Labute approximate surface area is 205 Å². The molecule has 34 heavy (non-hydrogen) atoms. The molecule has 7 nitrogen and oxygen atoms in total. The van der Waals surface area contributed by atoms with E-state index in [2.05, 4.69) is 67.0 Å². The molecule has 7 heteroatoms. The van der Waals surface area contributed by atoms with Gasteiger partial charge < -0.3 is 14.4 Å². The second kappa shape index (κ2) is 13.3. The lowest BCUT2D eigenvalue weighted by Crippen LogP contribution is -2.38. The van der Waals surface area contributed by atoms with Crippen LogP contribution in [0, 0.1) is 6.92 Å². The second-order valence-electron chi connectivity index (χ2n) is 8.89. The number of aryl methyl sites for hydroxylation is 1. The van der Waals surface area contributed by atoms with Crippen molar-refractivity contribution >= 4 is 17.2 Å². The summed E-state index contributed by atoms with van der Waals surface area (Å²) in [5.41, 5.74) is 4.42. The predicted octanol–water partition coefficient (Wildman–Crippen LogP) is 4.59. The SMILES string of the molecule is CCCN(CCC)c1cc(OCCN2CCOCC2)nc(N(C)/N=C(\C)c2cccc(C)c2)c1. The summed E-state index contributed by atoms with van der Waals surface area (Å²) in [5.74, 6) is 1.43. The number of hydrogen-bond acceptors (Lipinski definition) is 7. The minimum Gasteiger partial charge on any atom is -0.476 e. The van der Waals surface area contributed by atoms with Gasteiger partial charge in [-0.2, -0.15) is 10.1 Å². The summed E-state index contributed by atoms with van der Waals surface area (Å²) < 4.78 is 11.6. The molecule has 186 valence electrons. The van der Waals surface area contributed by atoms with Crippen LogP contribution in [0.1, 0.15) is 44.7 Å². The van der Waals surface area contributed by atoms with Crippen LogP contribution >= 0.6 is 0 Å². The molecule has 0 amide bonds. The Kier molecular flexibility index (Phi) is 10.2. The highest BCUT2D eigenvalue weighted by Crippen LogP contribution is 2.27. The van der Waals surface area contributed by atoms with E-state index in [9.17, 15) is 0 Å². The van der Waals surface area contributed by atoms with Gasteiger partial charge in [0.15, 0.2) is 5.82 Å². The first-order valence-electron chi connectivity index (χ1n) is 12.6. The topological polar surface area (TPSA) is 53.4 Å². The zero-order chi connectivity index (χ0) is 24.3.